The van der Waals surface area contributed by atoms with Crippen molar-refractivity contribution in [3.8, 4) is 5.69 Å². The monoisotopic (exact) mass is 336 g/mol. The summed E-state index contributed by atoms with van der Waals surface area (Å²) in [5, 5.41) is 12.1. The van der Waals surface area contributed by atoms with Crippen molar-refractivity contribution in [2.24, 2.45) is 11.7 Å². The Morgan fingerprint density at radius 1 is 1.40 bits per heavy atom. The molecule has 1 fully saturated rings. The van der Waals surface area contributed by atoms with Gasteiger partial charge < -0.3 is 11.1 Å². The first-order valence-corrected chi connectivity index (χ1v) is 8.45. The van der Waals surface area contributed by atoms with Gasteiger partial charge in [0.2, 0.25) is 0 Å². The Labute approximate surface area is 145 Å². The summed E-state index contributed by atoms with van der Waals surface area (Å²) in [4.78, 5) is 16.7. The van der Waals surface area contributed by atoms with Crippen LogP contribution in [0.3, 0.4) is 0 Å². The Bertz CT molecular complexity index is 930. The van der Waals surface area contributed by atoms with Gasteiger partial charge in [-0.25, -0.2) is 4.68 Å². The third-order valence-electron chi connectivity index (χ3n) is 4.67. The minimum Gasteiger partial charge on any atom is -0.349 e. The number of nitrogens with two attached hydrogens (primary N) is 1. The molecule has 3 N–H and O–H groups in total. The zero-order chi connectivity index (χ0) is 17.4. The van der Waals surface area contributed by atoms with Crippen LogP contribution in [0.4, 0.5) is 0 Å². The molecule has 1 saturated carbocycles. The molecule has 7 nitrogen and oxygen atoms in total. The second-order valence-electron chi connectivity index (χ2n) is 6.53. The molecule has 7 heteroatoms. The molecule has 0 aliphatic heterocycles. The smallest absolute Gasteiger partial charge is 0.273 e. The Balaban J connectivity index is 1.55. The number of carbonyl (C=O) groups is 1. The number of hydrogen-bond acceptors (Lipinski definition) is 5. The molecule has 1 amide bonds. The SMILES string of the molecule is Cc1c(C(=O)NCC(N)C2CC2)nnn1-c1ccc2ncccc2c1. The molecule has 1 aliphatic carbocycles. The molecule has 0 spiro atoms. The maximum atomic E-state index is 12.4. The van der Waals surface area contributed by atoms with E-state index in [1.165, 1.54) is 0 Å². The molecule has 0 bridgehead atoms. The molecular formula is C18H20N6O. The molecule has 2 heterocycles. The molecule has 25 heavy (non-hydrogen) atoms. The van der Waals surface area contributed by atoms with Crippen LogP contribution in [0.1, 0.15) is 29.0 Å². The maximum Gasteiger partial charge on any atom is 0.273 e. The predicted molar refractivity (Wildman–Crippen MR) is 94.4 cm³/mol. The molecule has 2 aromatic heterocycles. The van der Waals surface area contributed by atoms with E-state index >= 15 is 0 Å². The van der Waals surface area contributed by atoms with Gasteiger partial charge in [0, 0.05) is 24.2 Å². The number of aromatic nitrogens is 4. The molecule has 1 aliphatic rings. The van der Waals surface area contributed by atoms with Gasteiger partial charge in [0.1, 0.15) is 0 Å². The fraction of sp³-hybridized carbons (Fsp3) is 0.333. The Morgan fingerprint density at radius 3 is 3.04 bits per heavy atom. The third-order valence-corrected chi connectivity index (χ3v) is 4.67. The third kappa shape index (κ3) is 3.10. The number of carbonyl (C=O) groups excluding carboxylic acids is 1. The first kappa shape index (κ1) is 15.7. The number of nitrogens with zero attached hydrogens (tertiary/aromatic N) is 4. The van der Waals surface area contributed by atoms with Crippen LogP contribution in [-0.2, 0) is 0 Å². The average molecular weight is 336 g/mol. The van der Waals surface area contributed by atoms with Gasteiger partial charge in [0.25, 0.3) is 5.91 Å². The van der Waals surface area contributed by atoms with Gasteiger partial charge in [0.05, 0.1) is 16.9 Å². The Kier molecular flexibility index (Phi) is 3.93. The largest absolute Gasteiger partial charge is 0.349 e. The molecule has 128 valence electrons. The van der Waals surface area contributed by atoms with Crippen molar-refractivity contribution in [2.75, 3.05) is 6.54 Å². The minimum absolute atomic E-state index is 0.0206. The van der Waals surface area contributed by atoms with E-state index in [1.807, 2.05) is 37.3 Å². The molecule has 0 radical (unpaired) electrons. The second-order valence-corrected chi connectivity index (χ2v) is 6.53. The van der Waals surface area contributed by atoms with Crippen molar-refractivity contribution in [3.63, 3.8) is 0 Å². The van der Waals surface area contributed by atoms with E-state index < -0.39 is 0 Å². The molecule has 0 saturated heterocycles. The van der Waals surface area contributed by atoms with Crippen LogP contribution in [0.25, 0.3) is 16.6 Å². The average Bonchev–Trinajstić information content (AvgIpc) is 3.41. The van der Waals surface area contributed by atoms with Gasteiger partial charge >= 0.3 is 0 Å². The second kappa shape index (κ2) is 6.25. The zero-order valence-corrected chi connectivity index (χ0v) is 14.0. The van der Waals surface area contributed by atoms with Crippen molar-refractivity contribution >= 4 is 16.8 Å². The molecular weight excluding hydrogens is 316 g/mol. The van der Waals surface area contributed by atoms with E-state index in [2.05, 4.69) is 20.6 Å². The summed E-state index contributed by atoms with van der Waals surface area (Å²) < 4.78 is 1.67. The number of rotatable bonds is 5. The number of benzene rings is 1. The lowest BCUT2D eigenvalue weighted by molar-refractivity contribution is 0.0944. The van der Waals surface area contributed by atoms with E-state index in [0.29, 0.717) is 23.9 Å². The minimum atomic E-state index is -0.234. The summed E-state index contributed by atoms with van der Waals surface area (Å²) in [5.41, 5.74) is 8.81. The summed E-state index contributed by atoms with van der Waals surface area (Å²) in [6, 6.07) is 9.73. The van der Waals surface area contributed by atoms with Crippen LogP contribution in [0, 0.1) is 12.8 Å². The fourth-order valence-electron chi connectivity index (χ4n) is 2.96. The summed E-state index contributed by atoms with van der Waals surface area (Å²) in [6.07, 6.45) is 4.07. The van der Waals surface area contributed by atoms with Crippen LogP contribution >= 0.6 is 0 Å². The van der Waals surface area contributed by atoms with Crippen LogP contribution < -0.4 is 11.1 Å². The number of fused-ring (bicyclic) bond motifs is 1. The standard InChI is InChI=1S/C18H20N6O/c1-11-17(18(25)21-10-15(19)12-4-5-12)22-23-24(11)14-6-7-16-13(9-14)3-2-8-20-16/h2-3,6-9,12,15H,4-5,10,19H2,1H3,(H,21,25). The quantitative estimate of drug-likeness (QED) is 0.737. The number of amides is 1. The topological polar surface area (TPSA) is 98.7 Å². The van der Waals surface area contributed by atoms with Crippen molar-refractivity contribution in [2.45, 2.75) is 25.8 Å². The first-order chi connectivity index (χ1) is 12.1. The highest BCUT2D eigenvalue weighted by molar-refractivity contribution is 5.93. The van der Waals surface area contributed by atoms with Crippen LogP contribution in [0.5, 0.6) is 0 Å². The number of pyridine rings is 1. The van der Waals surface area contributed by atoms with Crippen molar-refractivity contribution in [1.82, 2.24) is 25.3 Å². The Hall–Kier alpha value is -2.80. The van der Waals surface area contributed by atoms with E-state index in [0.717, 1.165) is 29.4 Å². The Morgan fingerprint density at radius 2 is 2.24 bits per heavy atom. The first-order valence-electron chi connectivity index (χ1n) is 8.45. The normalized spacial score (nSPS) is 15.3. The van der Waals surface area contributed by atoms with Crippen LogP contribution in [-0.4, -0.2) is 38.5 Å². The molecule has 1 atom stereocenters. The van der Waals surface area contributed by atoms with Gasteiger partial charge in [0.15, 0.2) is 5.69 Å². The van der Waals surface area contributed by atoms with Crippen LogP contribution in [0.15, 0.2) is 36.5 Å². The van der Waals surface area contributed by atoms with Crippen LogP contribution in [0.2, 0.25) is 0 Å². The lowest BCUT2D eigenvalue weighted by atomic mass is 10.2. The van der Waals surface area contributed by atoms with Gasteiger partial charge in [-0.05, 0) is 49.9 Å². The van der Waals surface area contributed by atoms with E-state index in [4.69, 9.17) is 5.73 Å². The zero-order valence-electron chi connectivity index (χ0n) is 14.0. The van der Waals surface area contributed by atoms with E-state index in [1.54, 1.807) is 10.9 Å². The molecule has 3 aromatic rings. The van der Waals surface area contributed by atoms with Gasteiger partial charge in [-0.15, -0.1) is 5.10 Å². The lowest BCUT2D eigenvalue weighted by Crippen LogP contribution is -2.38. The summed E-state index contributed by atoms with van der Waals surface area (Å²) in [5.74, 6) is 0.311. The van der Waals surface area contributed by atoms with Crippen molar-refractivity contribution in [1.29, 1.82) is 0 Å². The summed E-state index contributed by atoms with van der Waals surface area (Å²) in [6.45, 7) is 2.31. The fourth-order valence-corrected chi connectivity index (χ4v) is 2.96. The summed E-state index contributed by atoms with van der Waals surface area (Å²) >= 11 is 0. The highest BCUT2D eigenvalue weighted by Gasteiger charge is 2.29. The highest BCUT2D eigenvalue weighted by atomic mass is 16.2. The van der Waals surface area contributed by atoms with E-state index in [9.17, 15) is 4.79 Å². The van der Waals surface area contributed by atoms with Gasteiger partial charge in [-0.1, -0.05) is 11.3 Å². The van der Waals surface area contributed by atoms with Crippen molar-refractivity contribution in [3.05, 3.63) is 47.9 Å². The number of hydrogen-bond donors (Lipinski definition) is 2. The predicted octanol–water partition coefficient (Wildman–Crippen LogP) is 1.59. The highest BCUT2D eigenvalue weighted by Crippen LogP contribution is 2.31. The number of nitrogens with one attached hydrogen (secondary N) is 1. The molecule has 4 rings (SSSR count). The molecule has 1 unspecified atom stereocenters. The lowest BCUT2D eigenvalue weighted by Gasteiger charge is -2.10. The van der Waals surface area contributed by atoms with Gasteiger partial charge in [-0.2, -0.15) is 0 Å². The van der Waals surface area contributed by atoms with Gasteiger partial charge in [-0.3, -0.25) is 9.78 Å². The maximum absolute atomic E-state index is 12.4. The molecule has 1 aromatic carbocycles. The van der Waals surface area contributed by atoms with E-state index in [-0.39, 0.29) is 11.9 Å². The van der Waals surface area contributed by atoms with Crippen molar-refractivity contribution < 1.29 is 4.79 Å². The summed E-state index contributed by atoms with van der Waals surface area (Å²) in [7, 11) is 0.